The molecule has 1 aromatic carbocycles. The van der Waals surface area contributed by atoms with Crippen LogP contribution in [0.2, 0.25) is 0 Å². The molecule has 0 fully saturated rings. The SMILES string of the molecule is N#CCl.c1ccc2[nH]ccc2c1. The van der Waals surface area contributed by atoms with Gasteiger partial charge in [0, 0.05) is 23.3 Å². The van der Waals surface area contributed by atoms with Gasteiger partial charge in [0.25, 0.3) is 0 Å². The maximum Gasteiger partial charge on any atom is 0.173 e. The number of hydrogen-bond acceptors (Lipinski definition) is 1. The summed E-state index contributed by atoms with van der Waals surface area (Å²) in [6, 6.07) is 10.3. The number of aromatic nitrogens is 1. The molecule has 2 rings (SSSR count). The fourth-order valence-electron chi connectivity index (χ4n) is 0.995. The van der Waals surface area contributed by atoms with Crippen molar-refractivity contribution in [2.45, 2.75) is 0 Å². The first-order chi connectivity index (χ1) is 5.88. The molecule has 2 nitrogen and oxygen atoms in total. The summed E-state index contributed by atoms with van der Waals surface area (Å²) >= 11 is 4.30. The number of nitriles is 1. The number of hydrogen-bond donors (Lipinski definition) is 1. The maximum absolute atomic E-state index is 7.08. The van der Waals surface area contributed by atoms with Crippen molar-refractivity contribution in [3.05, 3.63) is 36.5 Å². The van der Waals surface area contributed by atoms with Crippen LogP contribution in [0.3, 0.4) is 0 Å². The smallest absolute Gasteiger partial charge is 0.173 e. The first-order valence-corrected chi connectivity index (χ1v) is 3.78. The molecular formula is C9H7ClN2. The van der Waals surface area contributed by atoms with Gasteiger partial charge in [-0.3, -0.25) is 0 Å². The number of halogens is 1. The standard InChI is InChI=1S/C8H7N.CClN/c1-2-4-8-7(3-1)5-6-9-8;2-1-3/h1-6,9H;. The first kappa shape index (κ1) is 8.63. The molecule has 0 aliphatic carbocycles. The Kier molecular flexibility index (Phi) is 3.18. The minimum absolute atomic E-state index is 1.21. The molecule has 2 aromatic rings. The molecule has 1 aromatic heterocycles. The van der Waals surface area contributed by atoms with Crippen LogP contribution in [0.4, 0.5) is 0 Å². The second kappa shape index (κ2) is 4.42. The van der Waals surface area contributed by atoms with Crippen LogP contribution in [0.5, 0.6) is 0 Å². The van der Waals surface area contributed by atoms with E-state index in [9.17, 15) is 0 Å². The van der Waals surface area contributed by atoms with Crippen LogP contribution in [0.15, 0.2) is 36.5 Å². The van der Waals surface area contributed by atoms with E-state index >= 15 is 0 Å². The molecule has 0 saturated carbocycles. The number of rotatable bonds is 0. The summed E-state index contributed by atoms with van der Waals surface area (Å²) in [6.45, 7) is 0. The summed E-state index contributed by atoms with van der Waals surface area (Å²) < 4.78 is 0. The van der Waals surface area contributed by atoms with Crippen LogP contribution in [0.25, 0.3) is 10.9 Å². The van der Waals surface area contributed by atoms with Crippen LogP contribution in [0.1, 0.15) is 0 Å². The number of fused-ring (bicyclic) bond motifs is 1. The summed E-state index contributed by atoms with van der Waals surface area (Å²) in [6.07, 6.45) is 1.95. The number of para-hydroxylation sites is 1. The van der Waals surface area contributed by atoms with E-state index in [1.807, 2.05) is 18.3 Å². The quantitative estimate of drug-likeness (QED) is 0.662. The molecule has 60 valence electrons. The minimum Gasteiger partial charge on any atom is -0.361 e. The van der Waals surface area contributed by atoms with Gasteiger partial charge < -0.3 is 4.98 Å². The predicted molar refractivity (Wildman–Crippen MR) is 49.8 cm³/mol. The van der Waals surface area contributed by atoms with Gasteiger partial charge in [-0.1, -0.05) is 18.2 Å². The average molecular weight is 179 g/mol. The Bertz CT molecular complexity index is 356. The van der Waals surface area contributed by atoms with E-state index in [2.05, 4.69) is 34.8 Å². The van der Waals surface area contributed by atoms with Gasteiger partial charge in [0.1, 0.15) is 0 Å². The highest BCUT2D eigenvalue weighted by Crippen LogP contribution is 2.09. The molecule has 0 aliphatic rings. The molecule has 0 saturated heterocycles. The largest absolute Gasteiger partial charge is 0.361 e. The molecule has 1 N–H and O–H groups in total. The molecule has 0 aliphatic heterocycles. The van der Waals surface area contributed by atoms with Crippen molar-refractivity contribution in [2.75, 3.05) is 0 Å². The number of benzene rings is 1. The van der Waals surface area contributed by atoms with E-state index in [1.165, 1.54) is 16.4 Å². The Hall–Kier alpha value is -1.46. The topological polar surface area (TPSA) is 39.6 Å². The molecule has 0 radical (unpaired) electrons. The molecule has 12 heavy (non-hydrogen) atoms. The average Bonchev–Trinajstić information content (AvgIpc) is 2.52. The lowest BCUT2D eigenvalue weighted by atomic mass is 10.3. The molecule has 3 heteroatoms. The van der Waals surface area contributed by atoms with E-state index in [0.717, 1.165) is 0 Å². The lowest BCUT2D eigenvalue weighted by Crippen LogP contribution is -1.61. The highest BCUT2D eigenvalue weighted by Gasteiger charge is 1.86. The van der Waals surface area contributed by atoms with Gasteiger partial charge in [-0.2, -0.15) is 5.26 Å². The summed E-state index contributed by atoms with van der Waals surface area (Å²) in [7, 11) is 0. The molecule has 0 bridgehead atoms. The Morgan fingerprint density at radius 2 is 1.92 bits per heavy atom. The Morgan fingerprint density at radius 3 is 2.58 bits per heavy atom. The van der Waals surface area contributed by atoms with Crippen LogP contribution >= 0.6 is 11.6 Å². The van der Waals surface area contributed by atoms with E-state index in [4.69, 9.17) is 5.26 Å². The fraction of sp³-hybridized carbons (Fsp3) is 0. The van der Waals surface area contributed by atoms with Crippen LogP contribution in [0, 0.1) is 10.8 Å². The van der Waals surface area contributed by atoms with Crippen molar-refractivity contribution in [3.63, 3.8) is 0 Å². The summed E-state index contributed by atoms with van der Waals surface area (Å²) in [5.41, 5.74) is 2.43. The lowest BCUT2D eigenvalue weighted by molar-refractivity contribution is 1.48. The lowest BCUT2D eigenvalue weighted by Gasteiger charge is -1.83. The summed E-state index contributed by atoms with van der Waals surface area (Å²) in [5, 5.41) is 8.36. The first-order valence-electron chi connectivity index (χ1n) is 3.40. The Morgan fingerprint density at radius 1 is 1.25 bits per heavy atom. The van der Waals surface area contributed by atoms with Crippen molar-refractivity contribution in [2.24, 2.45) is 0 Å². The van der Waals surface area contributed by atoms with E-state index < -0.39 is 0 Å². The van der Waals surface area contributed by atoms with Crippen molar-refractivity contribution in [3.8, 4) is 5.53 Å². The summed E-state index contributed by atoms with van der Waals surface area (Å²) in [5.74, 6) is 0. The molecule has 0 amide bonds. The van der Waals surface area contributed by atoms with Crippen molar-refractivity contribution in [1.29, 1.82) is 5.26 Å². The molecule has 1 heterocycles. The van der Waals surface area contributed by atoms with Crippen molar-refractivity contribution < 1.29 is 0 Å². The van der Waals surface area contributed by atoms with E-state index in [1.54, 1.807) is 0 Å². The Labute approximate surface area is 75.4 Å². The maximum atomic E-state index is 7.08. The van der Waals surface area contributed by atoms with Gasteiger partial charge in [0.15, 0.2) is 5.53 Å². The normalized spacial score (nSPS) is 8.33. The van der Waals surface area contributed by atoms with Crippen LogP contribution < -0.4 is 0 Å². The number of H-pyrrole nitrogens is 1. The number of aromatic amines is 1. The van der Waals surface area contributed by atoms with Gasteiger partial charge in [-0.05, 0) is 17.5 Å². The zero-order valence-electron chi connectivity index (χ0n) is 6.29. The van der Waals surface area contributed by atoms with Gasteiger partial charge in [-0.15, -0.1) is 0 Å². The zero-order valence-corrected chi connectivity index (χ0v) is 7.05. The summed E-state index contributed by atoms with van der Waals surface area (Å²) in [4.78, 5) is 3.12. The zero-order chi connectivity index (χ0) is 8.81. The molecule has 0 unspecified atom stereocenters. The van der Waals surface area contributed by atoms with E-state index in [-0.39, 0.29) is 0 Å². The third kappa shape index (κ3) is 2.01. The minimum atomic E-state index is 1.21. The van der Waals surface area contributed by atoms with Crippen LogP contribution in [-0.4, -0.2) is 4.98 Å². The molecular weight excluding hydrogens is 172 g/mol. The highest BCUT2D eigenvalue weighted by molar-refractivity contribution is 6.28. The third-order valence-electron chi connectivity index (χ3n) is 1.46. The second-order valence-electron chi connectivity index (χ2n) is 2.15. The van der Waals surface area contributed by atoms with Gasteiger partial charge in [0.05, 0.1) is 0 Å². The predicted octanol–water partition coefficient (Wildman–Crippen LogP) is 2.87. The van der Waals surface area contributed by atoms with Gasteiger partial charge in [-0.25, -0.2) is 0 Å². The van der Waals surface area contributed by atoms with Crippen molar-refractivity contribution in [1.82, 2.24) is 4.98 Å². The Balaban J connectivity index is 0.000000213. The monoisotopic (exact) mass is 178 g/mol. The molecule has 0 atom stereocenters. The van der Waals surface area contributed by atoms with E-state index in [0.29, 0.717) is 0 Å². The van der Waals surface area contributed by atoms with Gasteiger partial charge >= 0.3 is 0 Å². The van der Waals surface area contributed by atoms with Gasteiger partial charge in [0.2, 0.25) is 0 Å². The third-order valence-corrected chi connectivity index (χ3v) is 1.46. The second-order valence-corrected chi connectivity index (χ2v) is 2.32. The number of nitrogens with zero attached hydrogens (tertiary/aromatic N) is 1. The highest BCUT2D eigenvalue weighted by atomic mass is 35.5. The van der Waals surface area contributed by atoms with Crippen LogP contribution in [-0.2, 0) is 0 Å². The molecule has 0 spiro atoms. The fourth-order valence-corrected chi connectivity index (χ4v) is 0.995. The van der Waals surface area contributed by atoms with Crippen molar-refractivity contribution >= 4 is 22.5 Å². The number of nitrogens with one attached hydrogen (secondary N) is 1.